The van der Waals surface area contributed by atoms with Gasteiger partial charge in [0.25, 0.3) is 0 Å². The summed E-state index contributed by atoms with van der Waals surface area (Å²) in [6.45, 7) is 9.50. The molecule has 15 heavy (non-hydrogen) atoms. The maximum Gasteiger partial charge on any atom is 0.0931 e. The van der Waals surface area contributed by atoms with Crippen molar-refractivity contribution in [3.8, 4) is 0 Å². The first-order valence-corrected chi connectivity index (χ1v) is 6.54. The van der Waals surface area contributed by atoms with E-state index in [2.05, 4.69) is 33.1 Å². The Morgan fingerprint density at radius 1 is 1.53 bits per heavy atom. The third-order valence-electron chi connectivity index (χ3n) is 2.98. The average Bonchev–Trinajstić information content (AvgIpc) is 2.64. The van der Waals surface area contributed by atoms with E-state index >= 15 is 0 Å². The van der Waals surface area contributed by atoms with E-state index in [0.717, 1.165) is 12.8 Å². The predicted molar refractivity (Wildman–Crippen MR) is 67.4 cm³/mol. The molecule has 2 nitrogen and oxygen atoms in total. The SMILES string of the molecule is CCC(C)(CN)c1csc(CC(C)C)n1. The standard InChI is InChI=1S/C12H22N2S/c1-5-12(4,8-13)10-7-15-11(14-10)6-9(2)3/h7,9H,5-6,8,13H2,1-4H3. The first kappa shape index (κ1) is 12.7. The molecular weight excluding hydrogens is 204 g/mol. The van der Waals surface area contributed by atoms with E-state index in [9.17, 15) is 0 Å². The normalized spacial score (nSPS) is 15.6. The van der Waals surface area contributed by atoms with E-state index in [1.165, 1.54) is 10.7 Å². The molecule has 0 aromatic carbocycles. The minimum absolute atomic E-state index is 0.0612. The van der Waals surface area contributed by atoms with Gasteiger partial charge in [-0.1, -0.05) is 27.7 Å². The van der Waals surface area contributed by atoms with Crippen LogP contribution >= 0.6 is 11.3 Å². The van der Waals surface area contributed by atoms with E-state index in [1.807, 2.05) is 0 Å². The van der Waals surface area contributed by atoms with Crippen molar-refractivity contribution in [3.63, 3.8) is 0 Å². The quantitative estimate of drug-likeness (QED) is 0.838. The molecule has 1 atom stereocenters. The number of thiazole rings is 1. The van der Waals surface area contributed by atoms with E-state index in [1.54, 1.807) is 11.3 Å². The van der Waals surface area contributed by atoms with Crippen molar-refractivity contribution in [2.45, 2.75) is 46.0 Å². The van der Waals surface area contributed by atoms with Crippen LogP contribution in [0, 0.1) is 5.92 Å². The fourth-order valence-electron chi connectivity index (χ4n) is 1.46. The highest BCUT2D eigenvalue weighted by Crippen LogP contribution is 2.28. The van der Waals surface area contributed by atoms with Gasteiger partial charge in [0, 0.05) is 23.8 Å². The zero-order valence-electron chi connectivity index (χ0n) is 10.2. The number of aromatic nitrogens is 1. The van der Waals surface area contributed by atoms with Crippen LogP contribution in [0.25, 0.3) is 0 Å². The van der Waals surface area contributed by atoms with Crippen molar-refractivity contribution in [2.75, 3.05) is 6.54 Å². The third-order valence-corrected chi connectivity index (χ3v) is 3.85. The van der Waals surface area contributed by atoms with Gasteiger partial charge in [-0.05, 0) is 12.3 Å². The van der Waals surface area contributed by atoms with Crippen molar-refractivity contribution in [3.05, 3.63) is 16.1 Å². The van der Waals surface area contributed by atoms with Crippen LogP contribution in [0.15, 0.2) is 5.38 Å². The van der Waals surface area contributed by atoms with Crippen LogP contribution in [-0.4, -0.2) is 11.5 Å². The molecule has 0 spiro atoms. The Morgan fingerprint density at radius 3 is 2.67 bits per heavy atom. The lowest BCUT2D eigenvalue weighted by atomic mass is 9.85. The fraction of sp³-hybridized carbons (Fsp3) is 0.750. The molecule has 0 bridgehead atoms. The first-order valence-electron chi connectivity index (χ1n) is 5.66. The summed E-state index contributed by atoms with van der Waals surface area (Å²) in [5, 5.41) is 3.42. The summed E-state index contributed by atoms with van der Waals surface area (Å²) in [5.41, 5.74) is 7.06. The van der Waals surface area contributed by atoms with Crippen molar-refractivity contribution in [1.82, 2.24) is 4.98 Å². The molecule has 0 radical (unpaired) electrons. The van der Waals surface area contributed by atoms with Gasteiger partial charge in [0.15, 0.2) is 0 Å². The Kier molecular flexibility index (Phi) is 4.29. The second-order valence-corrected chi connectivity index (χ2v) is 5.79. The highest BCUT2D eigenvalue weighted by Gasteiger charge is 2.25. The van der Waals surface area contributed by atoms with E-state index in [4.69, 9.17) is 10.7 Å². The van der Waals surface area contributed by atoms with Gasteiger partial charge in [-0.2, -0.15) is 0 Å². The molecule has 2 N–H and O–H groups in total. The Labute approximate surface area is 96.9 Å². The minimum Gasteiger partial charge on any atom is -0.330 e. The molecule has 3 heteroatoms. The Hall–Kier alpha value is -0.410. The topological polar surface area (TPSA) is 38.9 Å². The molecule has 1 unspecified atom stereocenters. The highest BCUT2D eigenvalue weighted by molar-refractivity contribution is 7.09. The monoisotopic (exact) mass is 226 g/mol. The van der Waals surface area contributed by atoms with Crippen LogP contribution in [0.5, 0.6) is 0 Å². The van der Waals surface area contributed by atoms with Crippen molar-refractivity contribution in [1.29, 1.82) is 0 Å². The van der Waals surface area contributed by atoms with Gasteiger partial charge >= 0.3 is 0 Å². The lowest BCUT2D eigenvalue weighted by Gasteiger charge is -2.23. The van der Waals surface area contributed by atoms with Crippen molar-refractivity contribution in [2.24, 2.45) is 11.7 Å². The molecule has 1 aromatic rings. The van der Waals surface area contributed by atoms with Gasteiger partial charge in [-0.3, -0.25) is 0 Å². The molecule has 1 heterocycles. The maximum absolute atomic E-state index is 5.82. The number of nitrogens with two attached hydrogens (primary N) is 1. The molecular formula is C12H22N2S. The van der Waals surface area contributed by atoms with Crippen LogP contribution < -0.4 is 5.73 Å². The number of rotatable bonds is 5. The van der Waals surface area contributed by atoms with E-state index in [0.29, 0.717) is 12.5 Å². The minimum atomic E-state index is 0.0612. The van der Waals surface area contributed by atoms with Crippen LogP contribution in [0.4, 0.5) is 0 Å². The van der Waals surface area contributed by atoms with Gasteiger partial charge in [0.1, 0.15) is 0 Å². The zero-order valence-corrected chi connectivity index (χ0v) is 11.0. The molecule has 0 fully saturated rings. The van der Waals surface area contributed by atoms with Crippen LogP contribution in [-0.2, 0) is 11.8 Å². The second-order valence-electron chi connectivity index (χ2n) is 4.84. The first-order chi connectivity index (χ1) is 7.01. The summed E-state index contributed by atoms with van der Waals surface area (Å²) in [6, 6.07) is 0. The maximum atomic E-state index is 5.82. The van der Waals surface area contributed by atoms with Crippen molar-refractivity contribution >= 4 is 11.3 Å². The van der Waals surface area contributed by atoms with Gasteiger partial charge < -0.3 is 5.73 Å². The summed E-state index contributed by atoms with van der Waals surface area (Å²) in [7, 11) is 0. The number of hydrogen-bond donors (Lipinski definition) is 1. The lowest BCUT2D eigenvalue weighted by molar-refractivity contribution is 0.454. The second kappa shape index (κ2) is 5.08. The van der Waals surface area contributed by atoms with Gasteiger partial charge in [0.05, 0.1) is 10.7 Å². The molecule has 0 saturated carbocycles. The van der Waals surface area contributed by atoms with Crippen LogP contribution in [0.2, 0.25) is 0 Å². The Bertz CT molecular complexity index is 300. The molecule has 0 aliphatic rings. The van der Waals surface area contributed by atoms with Crippen LogP contribution in [0.3, 0.4) is 0 Å². The van der Waals surface area contributed by atoms with Crippen LogP contribution in [0.1, 0.15) is 44.8 Å². The lowest BCUT2D eigenvalue weighted by Crippen LogP contribution is -2.31. The molecule has 0 aliphatic carbocycles. The van der Waals surface area contributed by atoms with E-state index < -0.39 is 0 Å². The smallest absolute Gasteiger partial charge is 0.0931 e. The van der Waals surface area contributed by atoms with Gasteiger partial charge in [-0.25, -0.2) is 4.98 Å². The molecule has 86 valence electrons. The summed E-state index contributed by atoms with van der Waals surface area (Å²) >= 11 is 1.77. The number of nitrogens with zero attached hydrogens (tertiary/aromatic N) is 1. The summed E-state index contributed by atoms with van der Waals surface area (Å²) in [4.78, 5) is 4.70. The van der Waals surface area contributed by atoms with Gasteiger partial charge in [-0.15, -0.1) is 11.3 Å². The Balaban J connectivity index is 2.83. The number of hydrogen-bond acceptors (Lipinski definition) is 3. The molecule has 0 amide bonds. The summed E-state index contributed by atoms with van der Waals surface area (Å²) in [6.07, 6.45) is 2.13. The predicted octanol–water partition coefficient (Wildman–Crippen LogP) is 2.97. The Morgan fingerprint density at radius 2 is 2.20 bits per heavy atom. The summed E-state index contributed by atoms with van der Waals surface area (Å²) in [5.74, 6) is 0.676. The summed E-state index contributed by atoms with van der Waals surface area (Å²) < 4.78 is 0. The molecule has 1 aromatic heterocycles. The van der Waals surface area contributed by atoms with Crippen molar-refractivity contribution < 1.29 is 0 Å². The van der Waals surface area contributed by atoms with E-state index in [-0.39, 0.29) is 5.41 Å². The average molecular weight is 226 g/mol. The zero-order chi connectivity index (χ0) is 11.5. The van der Waals surface area contributed by atoms with Gasteiger partial charge in [0.2, 0.25) is 0 Å². The third kappa shape index (κ3) is 3.02. The fourth-order valence-corrected chi connectivity index (χ4v) is 2.63. The largest absolute Gasteiger partial charge is 0.330 e. The molecule has 0 aliphatic heterocycles. The highest BCUT2D eigenvalue weighted by atomic mass is 32.1. The molecule has 1 rings (SSSR count). The molecule has 0 saturated heterocycles.